The van der Waals surface area contributed by atoms with Crippen LogP contribution in [0, 0.1) is 59.2 Å². The van der Waals surface area contributed by atoms with E-state index in [1.807, 2.05) is 24.3 Å². The number of hydrogen-bond donors (Lipinski definition) is 1. The Hall–Kier alpha value is -1.81. The van der Waals surface area contributed by atoms with Crippen LogP contribution in [0.1, 0.15) is 84.9 Å². The van der Waals surface area contributed by atoms with Crippen LogP contribution >= 0.6 is 0 Å². The highest BCUT2D eigenvalue weighted by atomic mass is 16.1. The van der Waals surface area contributed by atoms with E-state index in [-0.39, 0.29) is 29.4 Å². The number of carbonyl (C=O) groups excluding carboxylic acids is 3. The van der Waals surface area contributed by atoms with Gasteiger partial charge >= 0.3 is 0 Å². The van der Waals surface area contributed by atoms with E-state index in [0.717, 1.165) is 38.0 Å². The van der Waals surface area contributed by atoms with Crippen molar-refractivity contribution in [1.29, 1.82) is 0 Å². The number of carbonyl (C=O) groups is 3. The van der Waals surface area contributed by atoms with E-state index in [1.165, 1.54) is 32.1 Å². The number of fused-ring (bicyclic) bond motifs is 7. The second-order valence-electron chi connectivity index (χ2n) is 13.1. The highest BCUT2D eigenvalue weighted by Gasteiger charge is 2.63. The van der Waals surface area contributed by atoms with Gasteiger partial charge in [0.2, 0.25) is 0 Å². The number of Topliss-reactive ketones (excluding diaryl/α,β-unsaturated/α-hetero) is 3. The Kier molecular flexibility index (Phi) is 4.62. The lowest BCUT2D eigenvalue weighted by atomic mass is 9.43. The van der Waals surface area contributed by atoms with Crippen molar-refractivity contribution in [3.8, 4) is 0 Å². The molecule has 0 spiro atoms. The summed E-state index contributed by atoms with van der Waals surface area (Å²) in [7, 11) is 0. The third-order valence-corrected chi connectivity index (χ3v) is 12.2. The highest BCUT2D eigenvalue weighted by molar-refractivity contribution is 6.16. The lowest BCUT2D eigenvalue weighted by Gasteiger charge is -2.65. The molecule has 1 aromatic rings. The Bertz CT molecular complexity index is 1110. The van der Waals surface area contributed by atoms with Gasteiger partial charge in [0.25, 0.3) is 0 Å². The monoisotopic (exact) mass is 471 g/mol. The molecule has 1 saturated heterocycles. The number of rotatable bonds is 0. The molecule has 1 aromatic carbocycles. The molecule has 184 valence electrons. The van der Waals surface area contributed by atoms with Crippen LogP contribution in [0.5, 0.6) is 0 Å². The van der Waals surface area contributed by atoms with E-state index in [4.69, 9.17) is 0 Å². The maximum atomic E-state index is 13.8. The minimum Gasteiger partial charge on any atom is -0.310 e. The van der Waals surface area contributed by atoms with Crippen molar-refractivity contribution in [3.63, 3.8) is 0 Å². The first kappa shape index (κ1) is 21.3. The number of nitrogens with one attached hydrogen (secondary N) is 1. The quantitative estimate of drug-likeness (QED) is 0.571. The van der Waals surface area contributed by atoms with Gasteiger partial charge in [-0.1, -0.05) is 37.1 Å². The standard InChI is InChI=1S/C31H37NO3/c33-29-19-6-2-1-5-15(19)16-13-14-24-26-17(9-11-22(29)25(16)26)18-10-12-23-27(28(18)32-24)31(35)21-8-4-3-7-20(21)30(23)34/h3-4,7-8,15-19,22-28,32H,1-2,5-6,9-14H2. The molecule has 1 N–H and O–H groups in total. The lowest BCUT2D eigenvalue weighted by Crippen LogP contribution is -2.70. The van der Waals surface area contributed by atoms with Crippen LogP contribution in [-0.4, -0.2) is 29.4 Å². The number of ketones is 3. The van der Waals surface area contributed by atoms with Gasteiger partial charge in [-0.2, -0.15) is 0 Å². The molecule has 6 aliphatic carbocycles. The summed E-state index contributed by atoms with van der Waals surface area (Å²) in [6.45, 7) is 0. The topological polar surface area (TPSA) is 63.2 Å². The van der Waals surface area contributed by atoms with Gasteiger partial charge in [-0.05, 0) is 86.9 Å². The van der Waals surface area contributed by atoms with E-state index in [0.29, 0.717) is 64.4 Å². The predicted octanol–water partition coefficient (Wildman–Crippen LogP) is 5.11. The van der Waals surface area contributed by atoms with Crippen molar-refractivity contribution in [1.82, 2.24) is 5.32 Å². The summed E-state index contributed by atoms with van der Waals surface area (Å²) < 4.78 is 0. The van der Waals surface area contributed by atoms with Gasteiger partial charge in [0, 0.05) is 46.9 Å². The van der Waals surface area contributed by atoms with E-state index >= 15 is 0 Å². The number of piperidine rings is 1. The molecule has 0 amide bonds. The Balaban J connectivity index is 1.15. The molecule has 6 fully saturated rings. The minimum absolute atomic E-state index is 0.125. The third kappa shape index (κ3) is 2.76. The minimum atomic E-state index is -0.205. The van der Waals surface area contributed by atoms with Gasteiger partial charge in [-0.15, -0.1) is 0 Å². The van der Waals surface area contributed by atoms with Crippen LogP contribution in [0.25, 0.3) is 0 Å². The second kappa shape index (κ2) is 7.60. The molecule has 0 aromatic heterocycles. The largest absolute Gasteiger partial charge is 0.310 e. The van der Waals surface area contributed by atoms with Crippen molar-refractivity contribution >= 4 is 17.3 Å². The molecule has 1 aliphatic heterocycles. The summed E-state index contributed by atoms with van der Waals surface area (Å²) in [4.78, 5) is 41.0. The van der Waals surface area contributed by atoms with E-state index < -0.39 is 0 Å². The first-order valence-electron chi connectivity index (χ1n) is 14.6. The molecule has 4 nitrogen and oxygen atoms in total. The van der Waals surface area contributed by atoms with Crippen molar-refractivity contribution in [2.24, 2.45) is 59.2 Å². The third-order valence-electron chi connectivity index (χ3n) is 12.2. The normalized spacial score (nSPS) is 49.8. The fourth-order valence-corrected chi connectivity index (χ4v) is 11.2. The number of hydrogen-bond acceptors (Lipinski definition) is 4. The highest BCUT2D eigenvalue weighted by Crippen LogP contribution is 2.63. The predicted molar refractivity (Wildman–Crippen MR) is 132 cm³/mol. The Labute approximate surface area is 208 Å². The first-order valence-corrected chi connectivity index (χ1v) is 14.6. The van der Waals surface area contributed by atoms with Gasteiger partial charge in [0.1, 0.15) is 5.78 Å². The second-order valence-corrected chi connectivity index (χ2v) is 13.1. The zero-order chi connectivity index (χ0) is 23.4. The maximum absolute atomic E-state index is 13.8. The fraction of sp³-hybridized carbons (Fsp3) is 0.710. The molecule has 5 saturated carbocycles. The van der Waals surface area contributed by atoms with Crippen molar-refractivity contribution in [2.75, 3.05) is 0 Å². The average molecular weight is 472 g/mol. The molecule has 35 heavy (non-hydrogen) atoms. The van der Waals surface area contributed by atoms with Crippen LogP contribution in [0.15, 0.2) is 24.3 Å². The van der Waals surface area contributed by atoms with Crippen LogP contribution in [0.2, 0.25) is 0 Å². The SMILES string of the molecule is O=C1c2ccccc2C(=O)C2C1CCC1C3CCC4C(=O)C5CCCCC5C5CCC(NC12)C3C45. The summed E-state index contributed by atoms with van der Waals surface area (Å²) >= 11 is 0. The molecule has 0 radical (unpaired) electrons. The zero-order valence-corrected chi connectivity index (χ0v) is 20.5. The number of benzene rings is 1. The van der Waals surface area contributed by atoms with Gasteiger partial charge < -0.3 is 5.32 Å². The summed E-state index contributed by atoms with van der Waals surface area (Å²) in [6.07, 6.45) is 11.5. The molecule has 12 atom stereocenters. The first-order chi connectivity index (χ1) is 17.1. The molecule has 7 aliphatic rings. The van der Waals surface area contributed by atoms with Gasteiger partial charge in [-0.3, -0.25) is 14.4 Å². The van der Waals surface area contributed by atoms with Crippen LogP contribution in [-0.2, 0) is 4.79 Å². The van der Waals surface area contributed by atoms with Crippen molar-refractivity contribution in [3.05, 3.63) is 35.4 Å². The summed E-state index contributed by atoms with van der Waals surface area (Å²) in [5, 5.41) is 4.06. The van der Waals surface area contributed by atoms with E-state index in [2.05, 4.69) is 5.32 Å². The summed E-state index contributed by atoms with van der Waals surface area (Å²) in [6, 6.07) is 8.04. The fourth-order valence-electron chi connectivity index (χ4n) is 11.2. The molecule has 8 rings (SSSR count). The van der Waals surface area contributed by atoms with Crippen LogP contribution < -0.4 is 5.32 Å². The van der Waals surface area contributed by atoms with Gasteiger partial charge in [-0.25, -0.2) is 0 Å². The lowest BCUT2D eigenvalue weighted by molar-refractivity contribution is -0.164. The summed E-state index contributed by atoms with van der Waals surface area (Å²) in [5.74, 6) is 4.94. The molecule has 0 bridgehead atoms. The molecule has 1 heterocycles. The Morgan fingerprint density at radius 3 is 2.14 bits per heavy atom. The average Bonchev–Trinajstić information content (AvgIpc) is 2.91. The van der Waals surface area contributed by atoms with Crippen LogP contribution in [0.4, 0.5) is 0 Å². The van der Waals surface area contributed by atoms with Crippen LogP contribution in [0.3, 0.4) is 0 Å². The van der Waals surface area contributed by atoms with E-state index in [1.54, 1.807) is 0 Å². The van der Waals surface area contributed by atoms with E-state index in [9.17, 15) is 14.4 Å². The molecular weight excluding hydrogens is 434 g/mol. The molecular formula is C31H37NO3. The summed E-state index contributed by atoms with van der Waals surface area (Å²) in [5.41, 5.74) is 1.30. The zero-order valence-electron chi connectivity index (χ0n) is 20.5. The Morgan fingerprint density at radius 2 is 1.29 bits per heavy atom. The van der Waals surface area contributed by atoms with Gasteiger partial charge in [0.05, 0.1) is 0 Å². The smallest absolute Gasteiger partial charge is 0.168 e. The van der Waals surface area contributed by atoms with Crippen molar-refractivity contribution in [2.45, 2.75) is 76.3 Å². The van der Waals surface area contributed by atoms with Crippen molar-refractivity contribution < 1.29 is 14.4 Å². The maximum Gasteiger partial charge on any atom is 0.168 e. The van der Waals surface area contributed by atoms with Gasteiger partial charge in [0.15, 0.2) is 11.6 Å². The molecule has 4 heteroatoms. The molecule has 12 unspecified atom stereocenters. The Morgan fingerprint density at radius 1 is 0.600 bits per heavy atom.